The quantitative estimate of drug-likeness (QED) is 0.828. The van der Waals surface area contributed by atoms with Gasteiger partial charge in [0.1, 0.15) is 0 Å². The zero-order valence-corrected chi connectivity index (χ0v) is 11.0. The van der Waals surface area contributed by atoms with Crippen LogP contribution in [0, 0.1) is 5.92 Å². The summed E-state index contributed by atoms with van der Waals surface area (Å²) in [5.41, 5.74) is 4.76. The molecule has 2 unspecified atom stereocenters. The van der Waals surface area contributed by atoms with Crippen molar-refractivity contribution >= 4 is 0 Å². The first-order valence-electron chi connectivity index (χ1n) is 7.15. The molecule has 2 aliphatic carbocycles. The van der Waals surface area contributed by atoms with E-state index >= 15 is 0 Å². The zero-order chi connectivity index (χ0) is 11.8. The molecule has 0 bridgehead atoms. The van der Waals surface area contributed by atoms with Gasteiger partial charge in [0.05, 0.1) is 0 Å². The highest BCUT2D eigenvalue weighted by atomic mass is 14.9. The van der Waals surface area contributed by atoms with Crippen LogP contribution in [0.1, 0.15) is 61.8 Å². The van der Waals surface area contributed by atoms with Crippen molar-refractivity contribution in [2.75, 3.05) is 6.54 Å². The van der Waals surface area contributed by atoms with Gasteiger partial charge in [-0.1, -0.05) is 32.0 Å². The number of benzene rings is 1. The van der Waals surface area contributed by atoms with E-state index in [9.17, 15) is 0 Å². The molecule has 3 rings (SSSR count). The first-order chi connectivity index (χ1) is 8.29. The Kier molecular flexibility index (Phi) is 2.96. The van der Waals surface area contributed by atoms with Gasteiger partial charge in [0, 0.05) is 6.04 Å². The van der Waals surface area contributed by atoms with E-state index in [4.69, 9.17) is 0 Å². The number of rotatable bonds is 4. The van der Waals surface area contributed by atoms with Crippen LogP contribution in [0.5, 0.6) is 0 Å². The van der Waals surface area contributed by atoms with Crippen molar-refractivity contribution in [2.45, 2.75) is 51.5 Å². The van der Waals surface area contributed by atoms with Crippen LogP contribution in [0.4, 0.5) is 0 Å². The number of nitrogens with one attached hydrogen (secondary N) is 1. The second kappa shape index (κ2) is 4.45. The van der Waals surface area contributed by atoms with Gasteiger partial charge in [-0.15, -0.1) is 0 Å². The second-order valence-corrected chi connectivity index (χ2v) is 5.85. The lowest BCUT2D eigenvalue weighted by atomic mass is 10.00. The van der Waals surface area contributed by atoms with Crippen molar-refractivity contribution in [2.24, 2.45) is 5.92 Å². The van der Waals surface area contributed by atoms with E-state index in [-0.39, 0.29) is 0 Å². The molecule has 2 atom stereocenters. The van der Waals surface area contributed by atoms with E-state index in [0.717, 1.165) is 18.4 Å². The van der Waals surface area contributed by atoms with E-state index in [1.54, 1.807) is 16.7 Å². The average Bonchev–Trinajstić information content (AvgIpc) is 3.11. The maximum atomic E-state index is 3.72. The molecule has 1 N–H and O–H groups in total. The minimum Gasteiger partial charge on any atom is -0.310 e. The number of hydrogen-bond acceptors (Lipinski definition) is 1. The van der Waals surface area contributed by atoms with Gasteiger partial charge >= 0.3 is 0 Å². The largest absolute Gasteiger partial charge is 0.310 e. The summed E-state index contributed by atoms with van der Waals surface area (Å²) in [6.45, 7) is 5.76. The summed E-state index contributed by atoms with van der Waals surface area (Å²) in [6.07, 6.45) is 5.28. The van der Waals surface area contributed by atoms with Crippen molar-refractivity contribution in [1.82, 2.24) is 5.32 Å². The fourth-order valence-electron chi connectivity index (χ4n) is 3.14. The van der Waals surface area contributed by atoms with Gasteiger partial charge in [0.2, 0.25) is 0 Å². The molecule has 0 aromatic heterocycles. The lowest BCUT2D eigenvalue weighted by Crippen LogP contribution is -2.24. The molecule has 1 aromatic rings. The predicted octanol–water partition coefficient (Wildman–Crippen LogP) is 3.80. The molecule has 1 aromatic carbocycles. The van der Waals surface area contributed by atoms with E-state index in [2.05, 4.69) is 37.4 Å². The smallest absolute Gasteiger partial charge is 0.0352 e. The molecule has 0 aliphatic heterocycles. The van der Waals surface area contributed by atoms with Gasteiger partial charge < -0.3 is 5.32 Å². The monoisotopic (exact) mass is 229 g/mol. The number of hydrogen-bond donors (Lipinski definition) is 1. The second-order valence-electron chi connectivity index (χ2n) is 5.85. The lowest BCUT2D eigenvalue weighted by molar-refractivity contribution is 0.417. The summed E-state index contributed by atoms with van der Waals surface area (Å²) >= 11 is 0. The van der Waals surface area contributed by atoms with Gasteiger partial charge in [-0.2, -0.15) is 0 Å². The fraction of sp³-hybridized carbons (Fsp3) is 0.625. The molecule has 1 saturated carbocycles. The van der Waals surface area contributed by atoms with E-state index in [1.165, 1.54) is 25.7 Å². The van der Waals surface area contributed by atoms with Crippen molar-refractivity contribution < 1.29 is 0 Å². The Morgan fingerprint density at radius 1 is 1.29 bits per heavy atom. The summed E-state index contributed by atoms with van der Waals surface area (Å²) in [4.78, 5) is 0. The van der Waals surface area contributed by atoms with Gasteiger partial charge in [-0.25, -0.2) is 0 Å². The molecule has 2 aliphatic rings. The number of fused-ring (bicyclic) bond motifs is 1. The van der Waals surface area contributed by atoms with Crippen molar-refractivity contribution in [1.29, 1.82) is 0 Å². The van der Waals surface area contributed by atoms with Crippen LogP contribution in [0.25, 0.3) is 0 Å². The maximum absolute atomic E-state index is 3.72. The molecule has 1 nitrogen and oxygen atoms in total. The standard InChI is InChI=1S/C16H23N/c1-3-8-17-16-11(2)9-14-7-6-13(10-15(14)16)12-4-5-12/h6-7,10-12,16-17H,3-5,8-9H2,1-2H3. The SMILES string of the molecule is CCCNC1c2cc(C3CC3)ccc2CC1C. The average molecular weight is 229 g/mol. The molecule has 0 heterocycles. The van der Waals surface area contributed by atoms with Crippen LogP contribution in [0.15, 0.2) is 18.2 Å². The molecular formula is C16H23N. The van der Waals surface area contributed by atoms with Crippen molar-refractivity contribution in [3.63, 3.8) is 0 Å². The van der Waals surface area contributed by atoms with Crippen LogP contribution >= 0.6 is 0 Å². The third-order valence-corrected chi connectivity index (χ3v) is 4.28. The Bertz CT molecular complexity index is 406. The molecule has 0 radical (unpaired) electrons. The van der Waals surface area contributed by atoms with Gasteiger partial charge in [-0.3, -0.25) is 0 Å². The molecule has 1 fully saturated rings. The normalized spacial score (nSPS) is 27.2. The Balaban J connectivity index is 1.86. The molecule has 92 valence electrons. The van der Waals surface area contributed by atoms with Gasteiger partial charge in [0.15, 0.2) is 0 Å². The van der Waals surface area contributed by atoms with E-state index in [0.29, 0.717) is 6.04 Å². The summed E-state index contributed by atoms with van der Waals surface area (Å²) in [7, 11) is 0. The summed E-state index contributed by atoms with van der Waals surface area (Å²) in [5.74, 6) is 1.63. The van der Waals surface area contributed by atoms with Crippen LogP contribution in [0.3, 0.4) is 0 Å². The summed E-state index contributed by atoms with van der Waals surface area (Å²) < 4.78 is 0. The molecule has 0 amide bonds. The Morgan fingerprint density at radius 2 is 2.12 bits per heavy atom. The highest BCUT2D eigenvalue weighted by molar-refractivity contribution is 5.41. The maximum Gasteiger partial charge on any atom is 0.0352 e. The molecule has 17 heavy (non-hydrogen) atoms. The molecule has 1 heteroatoms. The zero-order valence-electron chi connectivity index (χ0n) is 11.0. The lowest BCUT2D eigenvalue weighted by Gasteiger charge is -2.18. The summed E-state index contributed by atoms with van der Waals surface area (Å²) in [6, 6.07) is 7.84. The highest BCUT2D eigenvalue weighted by Crippen LogP contribution is 2.43. The topological polar surface area (TPSA) is 12.0 Å². The first kappa shape index (κ1) is 11.3. The molecule has 0 saturated heterocycles. The highest BCUT2D eigenvalue weighted by Gasteiger charge is 2.31. The third kappa shape index (κ3) is 2.13. The van der Waals surface area contributed by atoms with E-state index < -0.39 is 0 Å². The Labute approximate surface area is 105 Å². The summed E-state index contributed by atoms with van der Waals surface area (Å²) in [5, 5.41) is 3.72. The van der Waals surface area contributed by atoms with Crippen LogP contribution in [-0.4, -0.2) is 6.54 Å². The molecule has 0 spiro atoms. The van der Waals surface area contributed by atoms with Gasteiger partial charge in [0.25, 0.3) is 0 Å². The minimum absolute atomic E-state index is 0.601. The Hall–Kier alpha value is -0.820. The van der Waals surface area contributed by atoms with Crippen molar-refractivity contribution in [3.8, 4) is 0 Å². The van der Waals surface area contributed by atoms with Crippen LogP contribution in [-0.2, 0) is 6.42 Å². The fourth-order valence-corrected chi connectivity index (χ4v) is 3.14. The Morgan fingerprint density at radius 3 is 2.82 bits per heavy atom. The van der Waals surface area contributed by atoms with Crippen LogP contribution in [0.2, 0.25) is 0 Å². The minimum atomic E-state index is 0.601. The van der Waals surface area contributed by atoms with Crippen LogP contribution < -0.4 is 5.32 Å². The van der Waals surface area contributed by atoms with E-state index in [1.807, 2.05) is 0 Å². The van der Waals surface area contributed by atoms with Gasteiger partial charge in [-0.05, 0) is 60.8 Å². The third-order valence-electron chi connectivity index (χ3n) is 4.28. The molecular weight excluding hydrogens is 206 g/mol. The van der Waals surface area contributed by atoms with Crippen molar-refractivity contribution in [3.05, 3.63) is 34.9 Å². The first-order valence-corrected chi connectivity index (χ1v) is 7.15. The predicted molar refractivity (Wildman–Crippen MR) is 72.3 cm³/mol.